The summed E-state index contributed by atoms with van der Waals surface area (Å²) in [6, 6.07) is 7.47. The summed E-state index contributed by atoms with van der Waals surface area (Å²) in [5.41, 5.74) is 3.41. The molecule has 0 fully saturated rings. The van der Waals surface area contributed by atoms with Gasteiger partial charge in [-0.1, -0.05) is 0 Å². The Bertz CT molecular complexity index is 1010. The number of aryl methyl sites for hydroxylation is 2. The summed E-state index contributed by atoms with van der Waals surface area (Å²) in [5.74, 6) is -0.0259. The van der Waals surface area contributed by atoms with E-state index in [1.807, 2.05) is 31.2 Å². The van der Waals surface area contributed by atoms with Crippen molar-refractivity contribution in [1.29, 1.82) is 0 Å². The minimum atomic E-state index is -0.526. The number of hydrogen-bond donors (Lipinski definition) is 2. The second kappa shape index (κ2) is 8.22. The van der Waals surface area contributed by atoms with Gasteiger partial charge in [0, 0.05) is 21.7 Å². The van der Waals surface area contributed by atoms with Crippen molar-refractivity contribution in [3.05, 3.63) is 46.1 Å². The maximum Gasteiger partial charge on any atom is 0.357 e. The van der Waals surface area contributed by atoms with Crippen LogP contribution in [-0.2, 0) is 16.0 Å². The van der Waals surface area contributed by atoms with Crippen molar-refractivity contribution >= 4 is 28.3 Å². The maximum absolute atomic E-state index is 12.6. The Hall–Kier alpha value is -3.20. The Kier molecular flexibility index (Phi) is 5.74. The molecule has 0 unspecified atom stereocenters. The van der Waals surface area contributed by atoms with Crippen LogP contribution < -0.4 is 10.1 Å². The van der Waals surface area contributed by atoms with E-state index < -0.39 is 5.97 Å². The summed E-state index contributed by atoms with van der Waals surface area (Å²) in [6.07, 6.45) is 0.121. The van der Waals surface area contributed by atoms with Crippen LogP contribution in [0.25, 0.3) is 11.3 Å². The van der Waals surface area contributed by atoms with Gasteiger partial charge in [0.05, 0.1) is 26.3 Å². The van der Waals surface area contributed by atoms with Crippen LogP contribution in [0.15, 0.2) is 24.3 Å². The molecule has 0 aliphatic rings. The number of H-pyrrole nitrogens is 1. The number of carbonyl (C=O) groups is 2. The molecule has 9 heteroatoms. The fraction of sp³-hybridized carbons (Fsp3) is 0.263. The van der Waals surface area contributed by atoms with Gasteiger partial charge in [-0.05, 0) is 38.1 Å². The zero-order chi connectivity index (χ0) is 20.3. The second-order valence-corrected chi connectivity index (χ2v) is 7.25. The molecule has 8 nitrogen and oxygen atoms in total. The first-order valence-electron chi connectivity index (χ1n) is 8.46. The topological polar surface area (TPSA) is 106 Å². The van der Waals surface area contributed by atoms with Gasteiger partial charge < -0.3 is 14.8 Å². The fourth-order valence-corrected chi connectivity index (χ4v) is 3.53. The van der Waals surface area contributed by atoms with Crippen LogP contribution >= 0.6 is 11.3 Å². The molecule has 0 radical (unpaired) electrons. The summed E-state index contributed by atoms with van der Waals surface area (Å²) in [4.78, 5) is 29.1. The number of thiazole rings is 1. The number of anilines is 1. The Morgan fingerprint density at radius 2 is 1.89 bits per heavy atom. The van der Waals surface area contributed by atoms with Crippen LogP contribution in [0.1, 0.15) is 26.6 Å². The number of benzene rings is 1. The van der Waals surface area contributed by atoms with E-state index in [-0.39, 0.29) is 18.0 Å². The maximum atomic E-state index is 12.6. The largest absolute Gasteiger partial charge is 0.497 e. The number of nitrogens with zero attached hydrogens (tertiary/aromatic N) is 2. The van der Waals surface area contributed by atoms with E-state index >= 15 is 0 Å². The summed E-state index contributed by atoms with van der Waals surface area (Å²) >= 11 is 1.23. The quantitative estimate of drug-likeness (QED) is 0.616. The monoisotopic (exact) mass is 400 g/mol. The third-order valence-electron chi connectivity index (χ3n) is 4.20. The average molecular weight is 400 g/mol. The van der Waals surface area contributed by atoms with E-state index in [2.05, 4.69) is 25.2 Å². The van der Waals surface area contributed by atoms with E-state index in [0.717, 1.165) is 22.6 Å². The molecule has 146 valence electrons. The highest BCUT2D eigenvalue weighted by molar-refractivity contribution is 7.16. The van der Waals surface area contributed by atoms with Gasteiger partial charge in [0.1, 0.15) is 5.75 Å². The molecule has 2 heterocycles. The van der Waals surface area contributed by atoms with Gasteiger partial charge in [-0.25, -0.2) is 9.78 Å². The number of amides is 1. The third-order valence-corrected chi connectivity index (χ3v) is 5.08. The number of rotatable bonds is 6. The van der Waals surface area contributed by atoms with Gasteiger partial charge in [0.2, 0.25) is 5.91 Å². The molecule has 0 bridgehead atoms. The lowest BCUT2D eigenvalue weighted by Crippen LogP contribution is -2.15. The number of aromatic amines is 1. The van der Waals surface area contributed by atoms with Crippen molar-refractivity contribution in [2.75, 3.05) is 19.5 Å². The number of esters is 1. The molecule has 0 aliphatic carbocycles. The number of aromatic nitrogens is 3. The predicted molar refractivity (Wildman–Crippen MR) is 106 cm³/mol. The first-order valence-corrected chi connectivity index (χ1v) is 9.28. The molecule has 1 amide bonds. The molecule has 1 aromatic carbocycles. The highest BCUT2D eigenvalue weighted by atomic mass is 32.1. The number of carbonyl (C=O) groups excluding carboxylic acids is 2. The first-order chi connectivity index (χ1) is 13.4. The van der Waals surface area contributed by atoms with Gasteiger partial charge in [-0.2, -0.15) is 5.10 Å². The molecular formula is C19H20N4O4S. The molecule has 0 atom stereocenters. The van der Waals surface area contributed by atoms with Crippen molar-refractivity contribution in [2.45, 2.75) is 20.3 Å². The average Bonchev–Trinajstić information content (AvgIpc) is 3.23. The van der Waals surface area contributed by atoms with Gasteiger partial charge in [-0.3, -0.25) is 9.89 Å². The fourth-order valence-electron chi connectivity index (χ4n) is 2.72. The Morgan fingerprint density at radius 1 is 1.18 bits per heavy atom. The highest BCUT2D eigenvalue weighted by Gasteiger charge is 2.19. The number of methoxy groups -OCH3 is 2. The van der Waals surface area contributed by atoms with E-state index in [9.17, 15) is 9.59 Å². The van der Waals surface area contributed by atoms with Crippen molar-refractivity contribution in [3.63, 3.8) is 0 Å². The van der Waals surface area contributed by atoms with E-state index in [1.165, 1.54) is 18.4 Å². The van der Waals surface area contributed by atoms with E-state index in [4.69, 9.17) is 4.74 Å². The van der Waals surface area contributed by atoms with Crippen LogP contribution in [0.2, 0.25) is 0 Å². The normalized spacial score (nSPS) is 10.6. The van der Waals surface area contributed by atoms with Crippen LogP contribution in [0.5, 0.6) is 5.75 Å². The van der Waals surface area contributed by atoms with Crippen molar-refractivity contribution < 1.29 is 19.1 Å². The zero-order valence-corrected chi connectivity index (χ0v) is 16.8. The molecule has 0 saturated carbocycles. The number of ether oxygens (including phenoxy) is 2. The highest BCUT2D eigenvalue weighted by Crippen LogP contribution is 2.27. The molecule has 0 saturated heterocycles. The molecule has 2 aromatic heterocycles. The van der Waals surface area contributed by atoms with Gasteiger partial charge in [0.15, 0.2) is 10.8 Å². The van der Waals surface area contributed by atoms with Crippen LogP contribution in [0.3, 0.4) is 0 Å². The zero-order valence-electron chi connectivity index (χ0n) is 16.0. The van der Waals surface area contributed by atoms with Crippen molar-refractivity contribution in [2.24, 2.45) is 0 Å². The smallest absolute Gasteiger partial charge is 0.357 e. The summed E-state index contributed by atoms with van der Waals surface area (Å²) in [6.45, 7) is 3.62. The molecule has 0 aliphatic heterocycles. The molecular weight excluding hydrogens is 380 g/mol. The summed E-state index contributed by atoms with van der Waals surface area (Å²) in [5, 5.41) is 10.4. The van der Waals surface area contributed by atoms with Gasteiger partial charge in [0.25, 0.3) is 0 Å². The molecule has 2 N–H and O–H groups in total. The van der Waals surface area contributed by atoms with Gasteiger partial charge in [-0.15, -0.1) is 11.3 Å². The molecule has 0 spiro atoms. The number of nitrogens with one attached hydrogen (secondary N) is 2. The Morgan fingerprint density at radius 3 is 2.54 bits per heavy atom. The van der Waals surface area contributed by atoms with Gasteiger partial charge >= 0.3 is 5.97 Å². The Balaban J connectivity index is 1.77. The minimum Gasteiger partial charge on any atom is -0.497 e. The minimum absolute atomic E-state index is 0.121. The van der Waals surface area contributed by atoms with Crippen LogP contribution in [0, 0.1) is 13.8 Å². The molecule has 3 aromatic rings. The lowest BCUT2D eigenvalue weighted by molar-refractivity contribution is -0.115. The van der Waals surface area contributed by atoms with Crippen LogP contribution in [0.4, 0.5) is 5.13 Å². The lowest BCUT2D eigenvalue weighted by atomic mass is 10.0. The third kappa shape index (κ3) is 4.04. The Labute approximate surface area is 165 Å². The molecule has 28 heavy (non-hydrogen) atoms. The number of hydrogen-bond acceptors (Lipinski definition) is 7. The lowest BCUT2D eigenvalue weighted by Gasteiger charge is -2.06. The SMILES string of the molecule is COC(=O)c1nc(NC(=O)Cc2c(-c3ccc(OC)cc3)n[nH]c2C)sc1C. The van der Waals surface area contributed by atoms with Crippen molar-refractivity contribution in [1.82, 2.24) is 15.2 Å². The van der Waals surface area contributed by atoms with E-state index in [1.54, 1.807) is 14.0 Å². The first kappa shape index (κ1) is 19.6. The predicted octanol–water partition coefficient (Wildman–Crippen LogP) is 3.13. The summed E-state index contributed by atoms with van der Waals surface area (Å²) < 4.78 is 9.87. The van der Waals surface area contributed by atoms with Crippen LogP contribution in [-0.4, -0.2) is 41.3 Å². The second-order valence-electron chi connectivity index (χ2n) is 6.04. The summed E-state index contributed by atoms with van der Waals surface area (Å²) in [7, 11) is 2.90. The van der Waals surface area contributed by atoms with Crippen molar-refractivity contribution in [3.8, 4) is 17.0 Å². The van der Waals surface area contributed by atoms with E-state index in [0.29, 0.717) is 15.7 Å². The standard InChI is InChI=1S/C19H20N4O4S/c1-10-14(17(23-22-10)12-5-7-13(26-3)8-6-12)9-15(24)20-19-21-16(11(2)28-19)18(25)27-4/h5-8H,9H2,1-4H3,(H,22,23)(H,20,21,24). The molecule has 3 rings (SSSR count).